The Kier molecular flexibility index (Phi) is 6.05. The molecular formula is C16H24FN3O2. The van der Waals surface area contributed by atoms with Crippen LogP contribution in [-0.4, -0.2) is 36.0 Å². The van der Waals surface area contributed by atoms with Gasteiger partial charge in [0.2, 0.25) is 5.91 Å². The monoisotopic (exact) mass is 309 g/mol. The van der Waals surface area contributed by atoms with Gasteiger partial charge in [0, 0.05) is 11.6 Å². The lowest BCUT2D eigenvalue weighted by Crippen LogP contribution is -2.50. The molecule has 0 saturated heterocycles. The summed E-state index contributed by atoms with van der Waals surface area (Å²) in [4.78, 5) is 25.3. The van der Waals surface area contributed by atoms with Crippen molar-refractivity contribution in [3.05, 3.63) is 35.6 Å². The predicted molar refractivity (Wildman–Crippen MR) is 83.9 cm³/mol. The summed E-state index contributed by atoms with van der Waals surface area (Å²) in [6.07, 6.45) is 0. The van der Waals surface area contributed by atoms with Gasteiger partial charge in [0.1, 0.15) is 5.82 Å². The largest absolute Gasteiger partial charge is 0.333 e. The molecule has 0 heterocycles. The average molecular weight is 309 g/mol. The highest BCUT2D eigenvalue weighted by atomic mass is 19.1. The quantitative estimate of drug-likeness (QED) is 0.898. The summed E-state index contributed by atoms with van der Waals surface area (Å²) >= 11 is 0. The second-order valence-corrected chi connectivity index (χ2v) is 6.39. The van der Waals surface area contributed by atoms with Crippen LogP contribution in [0.3, 0.4) is 0 Å². The molecule has 6 heteroatoms. The fourth-order valence-electron chi connectivity index (χ4n) is 1.90. The number of hydrogen-bond acceptors (Lipinski definition) is 3. The average Bonchev–Trinajstić information content (AvgIpc) is 2.35. The van der Waals surface area contributed by atoms with Gasteiger partial charge in [-0.05, 0) is 52.4 Å². The van der Waals surface area contributed by atoms with Gasteiger partial charge < -0.3 is 5.32 Å². The Labute approximate surface area is 130 Å². The molecule has 0 fully saturated rings. The van der Waals surface area contributed by atoms with E-state index in [1.165, 1.54) is 12.1 Å². The van der Waals surface area contributed by atoms with E-state index in [4.69, 9.17) is 0 Å². The summed E-state index contributed by atoms with van der Waals surface area (Å²) in [7, 11) is 1.77. The van der Waals surface area contributed by atoms with Crippen molar-refractivity contribution in [2.45, 2.75) is 39.3 Å². The zero-order valence-corrected chi connectivity index (χ0v) is 13.7. The first-order valence-electron chi connectivity index (χ1n) is 7.16. The minimum Gasteiger partial charge on any atom is -0.333 e. The van der Waals surface area contributed by atoms with Crippen molar-refractivity contribution in [1.29, 1.82) is 0 Å². The molecule has 0 aromatic heterocycles. The highest BCUT2D eigenvalue weighted by Crippen LogP contribution is 2.18. The molecule has 0 bridgehead atoms. The van der Waals surface area contributed by atoms with Gasteiger partial charge in [0.25, 0.3) is 0 Å². The summed E-state index contributed by atoms with van der Waals surface area (Å²) in [5.41, 5.74) is 0.494. The number of amides is 3. The van der Waals surface area contributed by atoms with Gasteiger partial charge in [-0.3, -0.25) is 15.0 Å². The second-order valence-electron chi connectivity index (χ2n) is 6.39. The Balaban J connectivity index is 2.53. The van der Waals surface area contributed by atoms with E-state index in [0.717, 1.165) is 5.56 Å². The number of nitrogens with one attached hydrogen (secondary N) is 2. The maximum Gasteiger partial charge on any atom is 0.321 e. The van der Waals surface area contributed by atoms with Crippen LogP contribution in [0.2, 0.25) is 0 Å². The van der Waals surface area contributed by atoms with E-state index in [9.17, 15) is 14.0 Å². The number of hydrogen-bond donors (Lipinski definition) is 2. The van der Waals surface area contributed by atoms with E-state index in [0.29, 0.717) is 0 Å². The number of benzene rings is 1. The van der Waals surface area contributed by atoms with E-state index in [-0.39, 0.29) is 18.4 Å². The maximum atomic E-state index is 12.9. The van der Waals surface area contributed by atoms with E-state index >= 15 is 0 Å². The number of halogens is 1. The van der Waals surface area contributed by atoms with Crippen LogP contribution in [0.1, 0.15) is 39.3 Å². The van der Waals surface area contributed by atoms with Gasteiger partial charge >= 0.3 is 6.03 Å². The van der Waals surface area contributed by atoms with Gasteiger partial charge in [-0.2, -0.15) is 0 Å². The molecule has 1 aromatic rings. The van der Waals surface area contributed by atoms with Crippen LogP contribution >= 0.6 is 0 Å². The van der Waals surface area contributed by atoms with E-state index in [2.05, 4.69) is 10.6 Å². The SMILES string of the molecule is CC(c1ccc(F)cc1)N(C)CC(=O)NC(=O)NC(C)(C)C. The zero-order valence-electron chi connectivity index (χ0n) is 13.7. The van der Waals surface area contributed by atoms with Crippen LogP contribution < -0.4 is 10.6 Å². The number of imide groups is 1. The lowest BCUT2D eigenvalue weighted by Gasteiger charge is -2.25. The van der Waals surface area contributed by atoms with Gasteiger partial charge in [0.05, 0.1) is 6.54 Å². The molecule has 1 rings (SSSR count). The van der Waals surface area contributed by atoms with Gasteiger partial charge in [-0.25, -0.2) is 9.18 Å². The molecule has 5 nitrogen and oxygen atoms in total. The van der Waals surface area contributed by atoms with E-state index in [1.807, 2.05) is 27.7 Å². The molecule has 3 amide bonds. The summed E-state index contributed by atoms with van der Waals surface area (Å²) in [6.45, 7) is 7.48. The van der Waals surface area contributed by atoms with Crippen molar-refractivity contribution in [3.8, 4) is 0 Å². The summed E-state index contributed by atoms with van der Waals surface area (Å²) in [5.74, 6) is -0.687. The van der Waals surface area contributed by atoms with E-state index < -0.39 is 17.5 Å². The minimum atomic E-state index is -0.514. The molecule has 0 aliphatic heterocycles. The lowest BCUT2D eigenvalue weighted by molar-refractivity contribution is -0.121. The first-order chi connectivity index (χ1) is 10.1. The highest BCUT2D eigenvalue weighted by Gasteiger charge is 2.18. The fraction of sp³-hybridized carbons (Fsp3) is 0.500. The lowest BCUT2D eigenvalue weighted by atomic mass is 10.1. The third-order valence-electron chi connectivity index (χ3n) is 3.15. The molecule has 0 spiro atoms. The molecule has 2 N–H and O–H groups in total. The molecule has 0 radical (unpaired) electrons. The second kappa shape index (κ2) is 7.35. The molecule has 122 valence electrons. The van der Waals surface area contributed by atoms with Crippen molar-refractivity contribution in [2.75, 3.05) is 13.6 Å². The topological polar surface area (TPSA) is 61.4 Å². The number of likely N-dealkylation sites (N-methyl/N-ethyl adjacent to an activating group) is 1. The Morgan fingerprint density at radius 3 is 2.27 bits per heavy atom. The number of urea groups is 1. The predicted octanol–water partition coefficient (Wildman–Crippen LogP) is 2.44. The third-order valence-corrected chi connectivity index (χ3v) is 3.15. The standard InChI is InChI=1S/C16H24FN3O2/c1-11(12-6-8-13(17)9-7-12)20(5)10-14(21)18-15(22)19-16(2,3)4/h6-9,11H,10H2,1-5H3,(H2,18,19,21,22). The molecule has 1 unspecified atom stereocenters. The van der Waals surface area contributed by atoms with Gasteiger partial charge in [-0.15, -0.1) is 0 Å². The number of nitrogens with zero attached hydrogens (tertiary/aromatic N) is 1. The van der Waals surface area contributed by atoms with Crippen molar-refractivity contribution < 1.29 is 14.0 Å². The van der Waals surface area contributed by atoms with Crippen LogP contribution in [0.4, 0.5) is 9.18 Å². The van der Waals surface area contributed by atoms with Crippen LogP contribution in [0.25, 0.3) is 0 Å². The Bertz CT molecular complexity index is 523. The smallest absolute Gasteiger partial charge is 0.321 e. The van der Waals surface area contributed by atoms with Crippen LogP contribution in [-0.2, 0) is 4.79 Å². The molecule has 22 heavy (non-hydrogen) atoms. The summed E-state index contributed by atoms with van der Waals surface area (Å²) in [6, 6.07) is 5.55. The number of carbonyl (C=O) groups excluding carboxylic acids is 2. The van der Waals surface area contributed by atoms with Crippen LogP contribution in [0, 0.1) is 5.82 Å². The van der Waals surface area contributed by atoms with Gasteiger partial charge in [-0.1, -0.05) is 12.1 Å². The normalized spacial score (nSPS) is 12.9. The first-order valence-corrected chi connectivity index (χ1v) is 7.16. The molecule has 0 saturated carbocycles. The van der Waals surface area contributed by atoms with Crippen molar-refractivity contribution in [1.82, 2.24) is 15.5 Å². The minimum absolute atomic E-state index is 0.0656. The van der Waals surface area contributed by atoms with Crippen LogP contribution in [0.5, 0.6) is 0 Å². The van der Waals surface area contributed by atoms with Gasteiger partial charge in [0.15, 0.2) is 0 Å². The highest BCUT2D eigenvalue weighted by molar-refractivity contribution is 5.95. The molecule has 1 aromatic carbocycles. The molecular weight excluding hydrogens is 285 g/mol. The summed E-state index contributed by atoms with van der Waals surface area (Å²) < 4.78 is 12.9. The third kappa shape index (κ3) is 6.22. The van der Waals surface area contributed by atoms with Crippen molar-refractivity contribution in [2.24, 2.45) is 0 Å². The van der Waals surface area contributed by atoms with Crippen LogP contribution in [0.15, 0.2) is 24.3 Å². The first kappa shape index (κ1) is 18.1. The zero-order chi connectivity index (χ0) is 16.9. The molecule has 0 aliphatic rings. The summed E-state index contributed by atoms with van der Waals surface area (Å²) in [5, 5.41) is 4.95. The molecule has 0 aliphatic carbocycles. The fourth-order valence-corrected chi connectivity index (χ4v) is 1.90. The van der Waals surface area contributed by atoms with Crippen molar-refractivity contribution >= 4 is 11.9 Å². The maximum absolute atomic E-state index is 12.9. The number of carbonyl (C=O) groups is 2. The van der Waals surface area contributed by atoms with E-state index in [1.54, 1.807) is 24.1 Å². The molecule has 1 atom stereocenters. The Morgan fingerprint density at radius 1 is 1.23 bits per heavy atom. The van der Waals surface area contributed by atoms with Crippen molar-refractivity contribution in [3.63, 3.8) is 0 Å². The number of rotatable bonds is 4. The Morgan fingerprint density at radius 2 is 1.77 bits per heavy atom. The Hall–Kier alpha value is -1.95.